The van der Waals surface area contributed by atoms with E-state index in [4.69, 9.17) is 4.99 Å². The van der Waals surface area contributed by atoms with Crippen LogP contribution < -0.4 is 0 Å². The molecule has 1 nitrogen and oxygen atoms in total. The first-order valence-electron chi connectivity index (χ1n) is 5.69. The molecule has 0 aliphatic carbocycles. The third-order valence-electron chi connectivity index (χ3n) is 2.87. The Morgan fingerprint density at radius 3 is 2.59 bits per heavy atom. The molecule has 0 aromatic heterocycles. The number of aryl methyl sites for hydroxylation is 1. The third kappa shape index (κ3) is 2.13. The fraction of sp³-hybridized carbons (Fsp3) is 0.133. The Morgan fingerprint density at radius 2 is 1.76 bits per heavy atom. The van der Waals surface area contributed by atoms with Gasteiger partial charge in [-0.25, -0.2) is 0 Å². The smallest absolute Gasteiger partial charge is 0.0769 e. The highest BCUT2D eigenvalue weighted by Gasteiger charge is 2.12. The van der Waals surface area contributed by atoms with E-state index in [1.165, 1.54) is 21.7 Å². The zero-order valence-electron chi connectivity index (χ0n) is 9.68. The third-order valence-corrected chi connectivity index (χ3v) is 3.94. The lowest BCUT2D eigenvalue weighted by atomic mass is 10.1. The van der Waals surface area contributed by atoms with Crippen molar-refractivity contribution in [1.82, 2.24) is 0 Å². The quantitative estimate of drug-likeness (QED) is 0.725. The average molecular weight is 239 g/mol. The molecule has 0 unspecified atom stereocenters. The second kappa shape index (κ2) is 4.38. The Kier molecular flexibility index (Phi) is 2.73. The highest BCUT2D eigenvalue weighted by atomic mass is 32.2. The number of para-hydroxylation sites is 1. The second-order valence-electron chi connectivity index (χ2n) is 4.18. The van der Waals surface area contributed by atoms with Crippen LogP contribution in [0.25, 0.3) is 0 Å². The van der Waals surface area contributed by atoms with Gasteiger partial charge in [0.25, 0.3) is 0 Å². The summed E-state index contributed by atoms with van der Waals surface area (Å²) >= 11 is 1.87. The van der Waals surface area contributed by atoms with Crippen molar-refractivity contribution in [3.8, 4) is 0 Å². The Morgan fingerprint density at radius 1 is 1.00 bits per heavy atom. The van der Waals surface area contributed by atoms with Crippen molar-refractivity contribution in [3.63, 3.8) is 0 Å². The number of hydrogen-bond donors (Lipinski definition) is 0. The van der Waals surface area contributed by atoms with Crippen molar-refractivity contribution in [1.29, 1.82) is 0 Å². The predicted molar refractivity (Wildman–Crippen MR) is 74.5 cm³/mol. The van der Waals surface area contributed by atoms with Crippen molar-refractivity contribution >= 4 is 23.2 Å². The first-order valence-corrected chi connectivity index (χ1v) is 6.68. The van der Waals surface area contributed by atoms with Crippen molar-refractivity contribution in [2.45, 2.75) is 11.8 Å². The molecule has 0 spiro atoms. The first kappa shape index (κ1) is 10.6. The van der Waals surface area contributed by atoms with E-state index in [1.54, 1.807) is 0 Å². The zero-order valence-corrected chi connectivity index (χ0v) is 10.5. The van der Waals surface area contributed by atoms with Gasteiger partial charge in [0.15, 0.2) is 0 Å². The largest absolute Gasteiger partial charge is 0.251 e. The van der Waals surface area contributed by atoms with E-state index in [-0.39, 0.29) is 0 Å². The Bertz CT molecular complexity index is 570. The molecule has 1 aliphatic heterocycles. The second-order valence-corrected chi connectivity index (χ2v) is 5.20. The highest BCUT2D eigenvalue weighted by molar-refractivity contribution is 8.00. The summed E-state index contributed by atoms with van der Waals surface area (Å²) in [7, 11) is 0. The minimum atomic E-state index is 0.958. The summed E-state index contributed by atoms with van der Waals surface area (Å²) in [5, 5.41) is 0. The number of thioether (sulfide) groups is 1. The molecule has 0 saturated heterocycles. The zero-order chi connectivity index (χ0) is 11.7. The number of fused-ring (bicyclic) bond motifs is 1. The van der Waals surface area contributed by atoms with E-state index in [1.807, 2.05) is 17.8 Å². The van der Waals surface area contributed by atoms with Crippen LogP contribution in [0.5, 0.6) is 0 Å². The first-order chi connectivity index (χ1) is 8.33. The van der Waals surface area contributed by atoms with Crippen LogP contribution >= 0.6 is 11.8 Å². The summed E-state index contributed by atoms with van der Waals surface area (Å²) in [6.45, 7) is 2.11. The molecule has 0 radical (unpaired) electrons. The number of aliphatic imine (C=N–C) groups is 1. The summed E-state index contributed by atoms with van der Waals surface area (Å²) in [5.74, 6) is 0.958. The SMILES string of the molecule is Cc1ccc(C2=Nc3ccccc3SC2)cc1. The molecule has 0 N–H and O–H groups in total. The summed E-state index contributed by atoms with van der Waals surface area (Å²) in [5.41, 5.74) is 4.80. The number of rotatable bonds is 1. The normalized spacial score (nSPS) is 14.1. The van der Waals surface area contributed by atoms with Crippen molar-refractivity contribution in [2.24, 2.45) is 4.99 Å². The minimum absolute atomic E-state index is 0.958. The molecule has 17 heavy (non-hydrogen) atoms. The number of nitrogens with zero attached hydrogens (tertiary/aromatic N) is 1. The van der Waals surface area contributed by atoms with Gasteiger partial charge in [0.1, 0.15) is 0 Å². The summed E-state index contributed by atoms with van der Waals surface area (Å²) in [6.07, 6.45) is 0. The summed E-state index contributed by atoms with van der Waals surface area (Å²) in [6, 6.07) is 16.9. The van der Waals surface area contributed by atoms with Crippen LogP contribution in [-0.4, -0.2) is 11.5 Å². The number of hydrogen-bond acceptors (Lipinski definition) is 2. The minimum Gasteiger partial charge on any atom is -0.251 e. The predicted octanol–water partition coefficient (Wildman–Crippen LogP) is 4.22. The van der Waals surface area contributed by atoms with Gasteiger partial charge in [0.2, 0.25) is 0 Å². The lowest BCUT2D eigenvalue weighted by molar-refractivity contribution is 1.34. The Labute approximate surface area is 106 Å². The van der Waals surface area contributed by atoms with Crippen LogP contribution in [0.4, 0.5) is 5.69 Å². The molecule has 1 heterocycles. The molecule has 2 aromatic rings. The van der Waals surface area contributed by atoms with Gasteiger partial charge in [-0.2, -0.15) is 0 Å². The maximum Gasteiger partial charge on any atom is 0.0769 e. The van der Waals surface area contributed by atoms with Gasteiger partial charge in [0, 0.05) is 10.6 Å². The molecule has 0 fully saturated rings. The van der Waals surface area contributed by atoms with Gasteiger partial charge in [-0.15, -0.1) is 11.8 Å². The molecule has 0 saturated carbocycles. The topological polar surface area (TPSA) is 12.4 Å². The molecular weight excluding hydrogens is 226 g/mol. The summed E-state index contributed by atoms with van der Waals surface area (Å²) in [4.78, 5) is 6.02. The fourth-order valence-corrected chi connectivity index (χ4v) is 2.85. The molecule has 0 amide bonds. The van der Waals surface area contributed by atoms with Crippen molar-refractivity contribution < 1.29 is 0 Å². The summed E-state index contributed by atoms with van der Waals surface area (Å²) < 4.78 is 0. The van der Waals surface area contributed by atoms with Crippen molar-refractivity contribution in [3.05, 3.63) is 59.7 Å². The maximum absolute atomic E-state index is 4.74. The number of benzene rings is 2. The molecule has 2 aromatic carbocycles. The van der Waals surface area contributed by atoms with E-state index in [9.17, 15) is 0 Å². The molecule has 84 valence electrons. The van der Waals surface area contributed by atoms with Crippen LogP contribution in [0, 0.1) is 6.92 Å². The molecule has 0 bridgehead atoms. The fourth-order valence-electron chi connectivity index (χ4n) is 1.89. The monoisotopic (exact) mass is 239 g/mol. The molecule has 0 atom stereocenters. The Balaban J connectivity index is 2.01. The maximum atomic E-state index is 4.74. The van der Waals surface area contributed by atoms with E-state index in [0.29, 0.717) is 0 Å². The van der Waals surface area contributed by atoms with Gasteiger partial charge < -0.3 is 0 Å². The lowest BCUT2D eigenvalue weighted by Gasteiger charge is -2.15. The average Bonchev–Trinajstić information content (AvgIpc) is 2.39. The molecule has 2 heteroatoms. The highest BCUT2D eigenvalue weighted by Crippen LogP contribution is 2.34. The molecule has 3 rings (SSSR count). The van der Waals surface area contributed by atoms with E-state index < -0.39 is 0 Å². The molecular formula is C15H13NS. The van der Waals surface area contributed by atoms with Gasteiger partial charge in [-0.05, 0) is 24.6 Å². The lowest BCUT2D eigenvalue weighted by Crippen LogP contribution is -2.07. The Hall–Kier alpha value is -1.54. The van der Waals surface area contributed by atoms with Crippen LogP contribution in [0.15, 0.2) is 58.4 Å². The van der Waals surface area contributed by atoms with Crippen LogP contribution in [-0.2, 0) is 0 Å². The van der Waals surface area contributed by atoms with E-state index in [2.05, 4.69) is 49.4 Å². The van der Waals surface area contributed by atoms with Gasteiger partial charge in [-0.1, -0.05) is 42.0 Å². The van der Waals surface area contributed by atoms with Crippen LogP contribution in [0.1, 0.15) is 11.1 Å². The molecule has 1 aliphatic rings. The van der Waals surface area contributed by atoms with Crippen LogP contribution in [0.2, 0.25) is 0 Å². The standard InChI is InChI=1S/C15H13NS/c1-11-6-8-12(9-7-11)14-10-17-15-5-3-2-4-13(15)16-14/h2-9H,10H2,1H3. The van der Waals surface area contributed by atoms with Gasteiger partial charge in [-0.3, -0.25) is 4.99 Å². The van der Waals surface area contributed by atoms with Crippen molar-refractivity contribution in [2.75, 3.05) is 5.75 Å². The van der Waals surface area contributed by atoms with E-state index >= 15 is 0 Å². The van der Waals surface area contributed by atoms with Crippen LogP contribution in [0.3, 0.4) is 0 Å². The van der Waals surface area contributed by atoms with E-state index in [0.717, 1.165) is 11.4 Å². The van der Waals surface area contributed by atoms with Gasteiger partial charge in [0.05, 0.1) is 11.4 Å². The van der Waals surface area contributed by atoms with Gasteiger partial charge >= 0.3 is 0 Å².